The molecule has 5 nitrogen and oxygen atoms in total. The van der Waals surface area contributed by atoms with Gasteiger partial charge in [0.05, 0.1) is 7.11 Å². The molecule has 150 valence electrons. The number of hydrogen-bond acceptors (Lipinski definition) is 5. The van der Waals surface area contributed by atoms with E-state index in [9.17, 15) is 4.79 Å². The van der Waals surface area contributed by atoms with E-state index in [1.54, 1.807) is 0 Å². The maximum atomic E-state index is 13.6. The van der Waals surface area contributed by atoms with Crippen LogP contribution in [0.25, 0.3) is 0 Å². The van der Waals surface area contributed by atoms with E-state index in [0.29, 0.717) is 11.3 Å². The van der Waals surface area contributed by atoms with E-state index < -0.39 is 5.79 Å². The number of methoxy groups -OCH3 is 1. The zero-order valence-electron chi connectivity index (χ0n) is 18.0. The lowest BCUT2D eigenvalue weighted by atomic mass is 9.72. The Labute approximate surface area is 167 Å². The average molecular weight is 383 g/mol. The van der Waals surface area contributed by atoms with Gasteiger partial charge in [-0.25, -0.2) is 0 Å². The van der Waals surface area contributed by atoms with E-state index in [1.165, 1.54) is 7.11 Å². The first kappa shape index (κ1) is 20.2. The van der Waals surface area contributed by atoms with E-state index in [2.05, 4.69) is 25.9 Å². The highest BCUT2D eigenvalue weighted by Gasteiger charge is 2.60. The van der Waals surface area contributed by atoms with Crippen LogP contribution in [-0.2, 0) is 19.1 Å². The smallest absolute Gasteiger partial charge is 0.399 e. The third-order valence-corrected chi connectivity index (χ3v) is 4.99. The molecule has 1 atom stereocenters. The van der Waals surface area contributed by atoms with E-state index in [0.717, 1.165) is 16.7 Å². The molecule has 0 amide bonds. The van der Waals surface area contributed by atoms with Crippen molar-refractivity contribution in [3.05, 3.63) is 58.4 Å². The fourth-order valence-electron chi connectivity index (χ4n) is 3.35. The molecule has 1 aromatic carbocycles. The van der Waals surface area contributed by atoms with Crippen LogP contribution in [0.2, 0.25) is 0 Å². The number of carbonyl (C=O) groups excluding carboxylic acids is 1. The van der Waals surface area contributed by atoms with Crippen molar-refractivity contribution in [3.8, 4) is 0 Å². The van der Waals surface area contributed by atoms with Crippen molar-refractivity contribution < 1.29 is 19.1 Å². The summed E-state index contributed by atoms with van der Waals surface area (Å²) >= 11 is 0. The summed E-state index contributed by atoms with van der Waals surface area (Å²) in [4.78, 5) is 19.3. The molecule has 2 aliphatic rings. The van der Waals surface area contributed by atoms with Gasteiger partial charge in [-0.2, -0.15) is 0 Å². The van der Waals surface area contributed by atoms with Crippen molar-refractivity contribution in [1.29, 1.82) is 0 Å². The van der Waals surface area contributed by atoms with Crippen LogP contribution in [0.3, 0.4) is 0 Å². The highest BCUT2D eigenvalue weighted by atomic mass is 16.8. The molecule has 28 heavy (non-hydrogen) atoms. The van der Waals surface area contributed by atoms with Crippen LogP contribution >= 0.6 is 0 Å². The van der Waals surface area contributed by atoms with Crippen LogP contribution < -0.4 is 0 Å². The second kappa shape index (κ2) is 6.50. The van der Waals surface area contributed by atoms with Crippen molar-refractivity contribution in [2.75, 3.05) is 7.11 Å². The normalized spacial score (nSPS) is 22.6. The summed E-state index contributed by atoms with van der Waals surface area (Å²) in [6, 6.07) is 7.71. The van der Waals surface area contributed by atoms with Gasteiger partial charge in [-0.3, -0.25) is 4.79 Å². The van der Waals surface area contributed by atoms with Gasteiger partial charge in [-0.1, -0.05) is 59.2 Å². The summed E-state index contributed by atoms with van der Waals surface area (Å²) in [6.07, 6.45) is 1.92. The number of rotatable bonds is 2. The fourth-order valence-corrected chi connectivity index (χ4v) is 3.35. The largest absolute Gasteiger partial charge is 0.492 e. The molecule has 1 spiro atoms. The maximum absolute atomic E-state index is 13.6. The Hall–Kier alpha value is -2.56. The molecule has 3 rings (SSSR count). The minimum atomic E-state index is -1.73. The molecule has 0 bridgehead atoms. The lowest BCUT2D eigenvalue weighted by molar-refractivity contribution is -0.177. The monoisotopic (exact) mass is 383 g/mol. The highest BCUT2D eigenvalue weighted by Crippen LogP contribution is 2.47. The van der Waals surface area contributed by atoms with Crippen LogP contribution in [0.5, 0.6) is 0 Å². The van der Waals surface area contributed by atoms with Crippen molar-refractivity contribution in [1.82, 2.24) is 0 Å². The zero-order chi connectivity index (χ0) is 20.9. The quantitative estimate of drug-likeness (QED) is 0.729. The summed E-state index contributed by atoms with van der Waals surface area (Å²) in [7, 11) is 1.53. The molecule has 5 heteroatoms. The number of allylic oxidation sites excluding steroid dienone is 2. The van der Waals surface area contributed by atoms with E-state index >= 15 is 0 Å². The predicted molar refractivity (Wildman–Crippen MR) is 109 cm³/mol. The third kappa shape index (κ3) is 3.23. The van der Waals surface area contributed by atoms with E-state index in [4.69, 9.17) is 14.3 Å². The fraction of sp³-hybridized carbons (Fsp3) is 0.478. The molecular weight excluding hydrogens is 354 g/mol. The topological polar surface area (TPSA) is 57.1 Å². The first-order chi connectivity index (χ1) is 12.9. The lowest BCUT2D eigenvalue weighted by Gasteiger charge is -2.38. The molecule has 1 aliphatic heterocycles. The van der Waals surface area contributed by atoms with Crippen LogP contribution in [-0.4, -0.2) is 24.6 Å². The second-order valence-corrected chi connectivity index (χ2v) is 9.41. The summed E-state index contributed by atoms with van der Waals surface area (Å²) in [5, 5.41) is 4.13. The number of carbonyl (C=O) groups is 1. The number of benzene rings is 1. The van der Waals surface area contributed by atoms with Gasteiger partial charge in [0.2, 0.25) is 0 Å². The minimum absolute atomic E-state index is 0.270. The molecule has 1 aromatic rings. The minimum Gasteiger partial charge on any atom is -0.492 e. The first-order valence-electron chi connectivity index (χ1n) is 9.48. The van der Waals surface area contributed by atoms with Gasteiger partial charge < -0.3 is 14.3 Å². The molecule has 0 radical (unpaired) electrons. The molecule has 1 unspecified atom stereocenters. The second-order valence-electron chi connectivity index (χ2n) is 9.41. The van der Waals surface area contributed by atoms with Crippen molar-refractivity contribution in [2.24, 2.45) is 16.0 Å². The highest BCUT2D eigenvalue weighted by molar-refractivity contribution is 6.09. The van der Waals surface area contributed by atoms with Crippen LogP contribution in [0.15, 0.2) is 52.4 Å². The molecule has 0 fully saturated rings. The zero-order valence-corrected chi connectivity index (χ0v) is 18.0. The standard InChI is InChI=1S/C23H29NO4/c1-14-9-11-15(12-10-14)20-24-28-23(27-20)18(25)16(21(2,3)4)13-17(19(23)26-8)22(5,6)7/h9-13H,1-8H3. The molecule has 0 saturated carbocycles. The van der Waals surface area contributed by atoms with Crippen LogP contribution in [0.4, 0.5) is 0 Å². The summed E-state index contributed by atoms with van der Waals surface area (Å²) in [5.41, 5.74) is 2.68. The van der Waals surface area contributed by atoms with Gasteiger partial charge in [-0.05, 0) is 41.1 Å². The average Bonchev–Trinajstić information content (AvgIpc) is 3.01. The molecule has 1 aliphatic carbocycles. The van der Waals surface area contributed by atoms with Crippen LogP contribution in [0.1, 0.15) is 52.7 Å². The van der Waals surface area contributed by atoms with Gasteiger partial charge in [-0.15, -0.1) is 0 Å². The Morgan fingerprint density at radius 2 is 1.61 bits per heavy atom. The molecule has 0 aromatic heterocycles. The number of nitrogens with zero attached hydrogens (tertiary/aromatic N) is 1. The summed E-state index contributed by atoms with van der Waals surface area (Å²) in [5.74, 6) is -1.39. The Morgan fingerprint density at radius 3 is 2.11 bits per heavy atom. The van der Waals surface area contributed by atoms with Crippen molar-refractivity contribution in [3.63, 3.8) is 0 Å². The molecule has 1 heterocycles. The number of aryl methyl sites for hydroxylation is 1. The molecular formula is C23H29NO4. The lowest BCUT2D eigenvalue weighted by Crippen LogP contribution is -2.49. The van der Waals surface area contributed by atoms with Gasteiger partial charge in [0, 0.05) is 16.7 Å². The SMILES string of the molecule is COC1=C(C(C)(C)C)C=C(C(C)(C)C)C(=O)C12ON=C(c1ccc(C)cc1)O2. The van der Waals surface area contributed by atoms with Gasteiger partial charge in [0.1, 0.15) is 0 Å². The maximum Gasteiger partial charge on any atom is 0.399 e. The van der Waals surface area contributed by atoms with Crippen LogP contribution in [0, 0.1) is 17.8 Å². The van der Waals surface area contributed by atoms with E-state index in [-0.39, 0.29) is 22.5 Å². The molecule has 0 saturated heterocycles. The summed E-state index contributed by atoms with van der Waals surface area (Å²) < 4.78 is 11.8. The Bertz CT molecular complexity index is 892. The first-order valence-corrected chi connectivity index (χ1v) is 9.48. The van der Waals surface area contributed by atoms with Crippen molar-refractivity contribution in [2.45, 2.75) is 54.3 Å². The third-order valence-electron chi connectivity index (χ3n) is 4.99. The van der Waals surface area contributed by atoms with Gasteiger partial charge >= 0.3 is 5.79 Å². The van der Waals surface area contributed by atoms with Crippen molar-refractivity contribution >= 4 is 11.7 Å². The summed E-state index contributed by atoms with van der Waals surface area (Å²) in [6.45, 7) is 14.2. The predicted octanol–water partition coefficient (Wildman–Crippen LogP) is 4.90. The van der Waals surface area contributed by atoms with Gasteiger partial charge in [0.25, 0.3) is 11.7 Å². The van der Waals surface area contributed by atoms with Gasteiger partial charge in [0.15, 0.2) is 5.76 Å². The number of ketones is 1. The number of Topliss-reactive ketones (excluding diaryl/α,β-unsaturated/α-hetero) is 1. The van der Waals surface area contributed by atoms with E-state index in [1.807, 2.05) is 58.0 Å². The Balaban J connectivity index is 2.14. The number of oxime groups is 1. The Kier molecular flexibility index (Phi) is 4.69. The number of ether oxygens (including phenoxy) is 2. The Morgan fingerprint density at radius 1 is 1.00 bits per heavy atom. The number of hydrogen-bond donors (Lipinski definition) is 0. The molecule has 0 N–H and O–H groups in total.